The van der Waals surface area contributed by atoms with Crippen LogP contribution >= 0.6 is 0 Å². The molecule has 4 nitrogen and oxygen atoms in total. The Morgan fingerprint density at radius 1 is 1.00 bits per heavy atom. The van der Waals surface area contributed by atoms with E-state index in [1.54, 1.807) is 5.32 Å². The molecule has 0 aliphatic heterocycles. The number of hydrogen-bond acceptors (Lipinski definition) is 3. The van der Waals surface area contributed by atoms with E-state index in [0.29, 0.717) is 0 Å². The summed E-state index contributed by atoms with van der Waals surface area (Å²) in [5.74, 6) is -21.9. The molecule has 2 atom stereocenters. The van der Waals surface area contributed by atoms with Crippen LogP contribution in [0.15, 0.2) is 0 Å². The second-order valence-corrected chi connectivity index (χ2v) is 4.87. The van der Waals surface area contributed by atoms with Crippen molar-refractivity contribution in [1.82, 2.24) is 5.32 Å². The highest BCUT2D eigenvalue weighted by Crippen LogP contribution is 2.53. The third-order valence-corrected chi connectivity index (χ3v) is 3.02. The fourth-order valence-electron chi connectivity index (χ4n) is 1.58. The average Bonchev–Trinajstić information content (AvgIpc) is 2.40. The van der Waals surface area contributed by atoms with Crippen LogP contribution in [0, 0.1) is 0 Å². The standard InChI is InChI=1S/C11H14F9NO3/c1-2-3-5(7(23)24)21-4-6(22)8(12,13)9(14,15)10(16,17)11(18,19)20/h5-6,21-22H,2-4H2,1H3,(H,23,24)/t5-,6+/m0/s1. The molecule has 0 aliphatic rings. The Balaban J connectivity index is 5.31. The van der Waals surface area contributed by atoms with Gasteiger partial charge in [-0.25, -0.2) is 0 Å². The molecular formula is C11H14F9NO3. The Morgan fingerprint density at radius 3 is 1.79 bits per heavy atom. The van der Waals surface area contributed by atoms with Crippen molar-refractivity contribution in [2.45, 2.75) is 55.9 Å². The minimum Gasteiger partial charge on any atom is -0.480 e. The summed E-state index contributed by atoms with van der Waals surface area (Å²) in [6.45, 7) is -0.172. The number of nitrogens with one attached hydrogen (secondary N) is 1. The van der Waals surface area contributed by atoms with E-state index < -0.39 is 48.6 Å². The first-order valence-electron chi connectivity index (χ1n) is 6.38. The molecule has 0 fully saturated rings. The van der Waals surface area contributed by atoms with Gasteiger partial charge >= 0.3 is 29.9 Å². The lowest BCUT2D eigenvalue weighted by atomic mass is 9.98. The van der Waals surface area contributed by atoms with Crippen molar-refractivity contribution >= 4 is 5.97 Å². The van der Waals surface area contributed by atoms with Crippen LogP contribution in [-0.4, -0.2) is 58.8 Å². The van der Waals surface area contributed by atoms with Crippen LogP contribution in [0.5, 0.6) is 0 Å². The Labute approximate surface area is 129 Å². The number of carboxylic acids is 1. The zero-order chi connectivity index (χ0) is 19.6. The van der Waals surface area contributed by atoms with Gasteiger partial charge in [0.15, 0.2) is 0 Å². The number of aliphatic hydroxyl groups is 1. The van der Waals surface area contributed by atoms with Crippen molar-refractivity contribution in [3.63, 3.8) is 0 Å². The number of alkyl halides is 9. The van der Waals surface area contributed by atoms with E-state index in [9.17, 15) is 44.3 Å². The average molecular weight is 379 g/mol. The van der Waals surface area contributed by atoms with E-state index >= 15 is 0 Å². The third-order valence-electron chi connectivity index (χ3n) is 3.02. The van der Waals surface area contributed by atoms with Crippen LogP contribution < -0.4 is 5.32 Å². The monoisotopic (exact) mass is 379 g/mol. The van der Waals surface area contributed by atoms with Gasteiger partial charge in [-0.3, -0.25) is 4.79 Å². The molecule has 0 aromatic rings. The zero-order valence-corrected chi connectivity index (χ0v) is 12.0. The molecule has 0 saturated heterocycles. The summed E-state index contributed by atoms with van der Waals surface area (Å²) >= 11 is 0. The maximum Gasteiger partial charge on any atom is 0.460 e. The predicted molar refractivity (Wildman–Crippen MR) is 61.2 cm³/mol. The molecule has 0 aromatic heterocycles. The summed E-state index contributed by atoms with van der Waals surface area (Å²) in [5, 5.41) is 19.3. The normalized spacial score (nSPS) is 16.8. The van der Waals surface area contributed by atoms with E-state index in [0.717, 1.165) is 0 Å². The number of carboxylic acid groups (broad SMARTS) is 1. The number of aliphatic hydroxyl groups excluding tert-OH is 1. The topological polar surface area (TPSA) is 69.6 Å². The smallest absolute Gasteiger partial charge is 0.460 e. The van der Waals surface area contributed by atoms with Crippen LogP contribution in [0.1, 0.15) is 19.8 Å². The van der Waals surface area contributed by atoms with Crippen LogP contribution in [0.3, 0.4) is 0 Å². The molecule has 0 heterocycles. The SMILES string of the molecule is CCC[C@H](NC[C@@H](O)C(F)(F)C(F)(F)C(F)(F)C(F)(F)F)C(=O)O. The summed E-state index contributed by atoms with van der Waals surface area (Å²) in [6, 6.07) is -1.59. The highest BCUT2D eigenvalue weighted by atomic mass is 19.4. The van der Waals surface area contributed by atoms with Crippen LogP contribution in [0.25, 0.3) is 0 Å². The summed E-state index contributed by atoms with van der Waals surface area (Å²) in [6.07, 6.45) is -10.7. The highest BCUT2D eigenvalue weighted by molar-refractivity contribution is 5.73. The molecule has 0 aliphatic carbocycles. The molecule has 0 unspecified atom stereocenters. The minimum atomic E-state index is -7.11. The van der Waals surface area contributed by atoms with Gasteiger partial charge in [0.2, 0.25) is 0 Å². The number of carbonyl (C=O) groups is 1. The van der Waals surface area contributed by atoms with Crippen molar-refractivity contribution < 1.29 is 54.5 Å². The molecule has 0 spiro atoms. The van der Waals surface area contributed by atoms with Crippen molar-refractivity contribution in [3.05, 3.63) is 0 Å². The molecule has 24 heavy (non-hydrogen) atoms. The summed E-state index contributed by atoms with van der Waals surface area (Å²) in [4.78, 5) is 10.7. The van der Waals surface area contributed by atoms with Gasteiger partial charge < -0.3 is 15.5 Å². The maximum atomic E-state index is 13.3. The van der Waals surface area contributed by atoms with Gasteiger partial charge in [0.1, 0.15) is 12.1 Å². The Hall–Kier alpha value is -1.24. The van der Waals surface area contributed by atoms with E-state index in [4.69, 9.17) is 10.2 Å². The van der Waals surface area contributed by atoms with Crippen LogP contribution in [-0.2, 0) is 4.79 Å². The third kappa shape index (κ3) is 4.23. The molecule has 13 heteroatoms. The molecule has 0 aromatic carbocycles. The molecule has 0 bridgehead atoms. The lowest BCUT2D eigenvalue weighted by Gasteiger charge is -2.36. The maximum absolute atomic E-state index is 13.3. The fourth-order valence-corrected chi connectivity index (χ4v) is 1.58. The van der Waals surface area contributed by atoms with Crippen LogP contribution in [0.2, 0.25) is 0 Å². The summed E-state index contributed by atoms with van der Waals surface area (Å²) in [7, 11) is 0. The number of aliphatic carboxylic acids is 1. The van der Waals surface area contributed by atoms with Crippen LogP contribution in [0.4, 0.5) is 39.5 Å². The lowest BCUT2D eigenvalue weighted by Crippen LogP contribution is -2.65. The first-order chi connectivity index (χ1) is 10.5. The van der Waals surface area contributed by atoms with Gasteiger partial charge in [-0.2, -0.15) is 39.5 Å². The molecule has 0 amide bonds. The summed E-state index contributed by atoms with van der Waals surface area (Å²) in [5.41, 5.74) is 0. The highest BCUT2D eigenvalue weighted by Gasteiger charge is 2.83. The van der Waals surface area contributed by atoms with E-state index in [-0.39, 0.29) is 12.8 Å². The molecule has 0 rings (SSSR count). The van der Waals surface area contributed by atoms with Gasteiger partial charge in [-0.05, 0) is 6.42 Å². The Kier molecular flexibility index (Phi) is 6.95. The van der Waals surface area contributed by atoms with Crippen molar-refractivity contribution in [2.24, 2.45) is 0 Å². The minimum absolute atomic E-state index is 0.192. The van der Waals surface area contributed by atoms with E-state index in [1.165, 1.54) is 6.92 Å². The van der Waals surface area contributed by atoms with E-state index in [2.05, 4.69) is 0 Å². The number of hydrogen-bond donors (Lipinski definition) is 3. The van der Waals surface area contributed by atoms with Gasteiger partial charge in [0, 0.05) is 6.54 Å². The zero-order valence-electron chi connectivity index (χ0n) is 12.0. The van der Waals surface area contributed by atoms with Gasteiger partial charge in [0.25, 0.3) is 0 Å². The lowest BCUT2D eigenvalue weighted by molar-refractivity contribution is -0.405. The van der Waals surface area contributed by atoms with E-state index in [1.807, 2.05) is 0 Å². The second-order valence-electron chi connectivity index (χ2n) is 4.87. The van der Waals surface area contributed by atoms with Crippen molar-refractivity contribution in [3.8, 4) is 0 Å². The number of halogens is 9. The first kappa shape index (κ1) is 22.8. The predicted octanol–water partition coefficient (Wildman–Crippen LogP) is 2.66. The molecule has 144 valence electrons. The van der Waals surface area contributed by atoms with Crippen molar-refractivity contribution in [1.29, 1.82) is 0 Å². The number of rotatable bonds is 9. The van der Waals surface area contributed by atoms with Crippen molar-refractivity contribution in [2.75, 3.05) is 6.54 Å². The largest absolute Gasteiger partial charge is 0.480 e. The second kappa shape index (κ2) is 7.33. The summed E-state index contributed by atoms with van der Waals surface area (Å²) < 4.78 is 114. The Morgan fingerprint density at radius 2 is 1.46 bits per heavy atom. The quantitative estimate of drug-likeness (QED) is 0.539. The van der Waals surface area contributed by atoms with Gasteiger partial charge in [-0.1, -0.05) is 13.3 Å². The van der Waals surface area contributed by atoms with Gasteiger partial charge in [0.05, 0.1) is 0 Å². The fraction of sp³-hybridized carbons (Fsp3) is 0.909. The molecule has 0 radical (unpaired) electrons. The Bertz CT molecular complexity index is 439. The van der Waals surface area contributed by atoms with Gasteiger partial charge in [-0.15, -0.1) is 0 Å². The molecule has 3 N–H and O–H groups in total. The molecular weight excluding hydrogens is 365 g/mol. The molecule has 0 saturated carbocycles. The first-order valence-corrected chi connectivity index (χ1v) is 6.38.